The van der Waals surface area contributed by atoms with Gasteiger partial charge < -0.3 is 20.1 Å². The molecular weight excluding hydrogens is 520 g/mol. The van der Waals surface area contributed by atoms with Crippen molar-refractivity contribution in [3.8, 4) is 11.5 Å². The summed E-state index contributed by atoms with van der Waals surface area (Å²) in [4.78, 5) is 9.85. The van der Waals surface area contributed by atoms with Crippen molar-refractivity contribution >= 4 is 55.0 Å². The van der Waals surface area contributed by atoms with E-state index in [0.717, 1.165) is 105 Å². The van der Waals surface area contributed by atoms with Gasteiger partial charge >= 0.3 is 0 Å². The van der Waals surface area contributed by atoms with Gasteiger partial charge in [-0.2, -0.15) is 0 Å². The maximum Gasteiger partial charge on any atom is 0.121 e. The minimum atomic E-state index is 0.706. The molecule has 2 aromatic heterocycles. The number of anilines is 2. The molecule has 6 rings (SSSR count). The summed E-state index contributed by atoms with van der Waals surface area (Å²) in [5, 5.41) is 12.0. The van der Waals surface area contributed by atoms with Crippen LogP contribution in [0.1, 0.15) is 39.5 Å². The summed E-state index contributed by atoms with van der Waals surface area (Å²) in [6.07, 6.45) is 4.01. The number of hydrogen-bond donors (Lipinski definition) is 2. The number of hydrogen-bond acceptors (Lipinski definition) is 6. The number of nitrogens with one attached hydrogen (secondary N) is 2. The van der Waals surface area contributed by atoms with Gasteiger partial charge in [-0.05, 0) is 62.1 Å². The van der Waals surface area contributed by atoms with Crippen molar-refractivity contribution in [1.29, 1.82) is 0 Å². The van der Waals surface area contributed by atoms with Crippen LogP contribution in [0.15, 0.2) is 84.9 Å². The molecule has 0 spiro atoms. The highest BCUT2D eigenvalue weighted by Gasteiger charge is 2.12. The highest BCUT2D eigenvalue weighted by atomic mass is 16.5. The molecule has 6 heteroatoms. The average Bonchev–Trinajstić information content (AvgIpc) is 3.03. The van der Waals surface area contributed by atoms with Crippen molar-refractivity contribution in [3.05, 3.63) is 84.9 Å². The van der Waals surface area contributed by atoms with E-state index < -0.39 is 0 Å². The van der Waals surface area contributed by atoms with Gasteiger partial charge in [0.2, 0.25) is 0 Å². The number of benzene rings is 4. The minimum absolute atomic E-state index is 0.706. The predicted octanol–water partition coefficient (Wildman–Crippen LogP) is 8.97. The first-order valence-corrected chi connectivity index (χ1v) is 15.1. The molecule has 6 aromatic rings. The van der Waals surface area contributed by atoms with Gasteiger partial charge in [-0.3, -0.25) is 0 Å². The molecule has 0 aliphatic heterocycles. The Kier molecular flexibility index (Phi) is 8.50. The van der Waals surface area contributed by atoms with Crippen LogP contribution >= 0.6 is 0 Å². The van der Waals surface area contributed by atoms with Crippen LogP contribution in [0.25, 0.3) is 43.6 Å². The lowest BCUT2D eigenvalue weighted by atomic mass is 10.1. The van der Waals surface area contributed by atoms with Gasteiger partial charge in [-0.1, -0.05) is 50.2 Å². The lowest BCUT2D eigenvalue weighted by molar-refractivity contribution is 0.317. The number of para-hydroxylation sites is 2. The Morgan fingerprint density at radius 3 is 1.40 bits per heavy atom. The van der Waals surface area contributed by atoms with Crippen LogP contribution in [-0.2, 0) is 0 Å². The summed E-state index contributed by atoms with van der Waals surface area (Å²) >= 11 is 0. The fourth-order valence-electron chi connectivity index (χ4n) is 5.42. The summed E-state index contributed by atoms with van der Waals surface area (Å²) < 4.78 is 11.7. The second-order valence-corrected chi connectivity index (χ2v) is 10.6. The number of fused-ring (bicyclic) bond motifs is 4. The maximum absolute atomic E-state index is 5.87. The number of nitrogens with zero attached hydrogens (tertiary/aromatic N) is 2. The molecule has 0 aliphatic rings. The lowest BCUT2D eigenvalue weighted by Gasteiger charge is -2.16. The fourth-order valence-corrected chi connectivity index (χ4v) is 5.42. The summed E-state index contributed by atoms with van der Waals surface area (Å²) in [7, 11) is 0. The molecule has 0 aliphatic carbocycles. The van der Waals surface area contributed by atoms with E-state index >= 15 is 0 Å². The van der Waals surface area contributed by atoms with Crippen LogP contribution in [0.2, 0.25) is 0 Å². The van der Waals surface area contributed by atoms with Crippen LogP contribution in [0.3, 0.4) is 0 Å². The second-order valence-electron chi connectivity index (χ2n) is 10.6. The maximum atomic E-state index is 5.87. The smallest absolute Gasteiger partial charge is 0.121 e. The third kappa shape index (κ3) is 5.89. The first kappa shape index (κ1) is 27.6. The van der Waals surface area contributed by atoms with E-state index in [-0.39, 0.29) is 0 Å². The number of pyridine rings is 2. The summed E-state index contributed by atoms with van der Waals surface area (Å²) in [6.45, 7) is 7.38. The molecule has 0 amide bonds. The zero-order valence-electron chi connectivity index (χ0n) is 24.5. The van der Waals surface area contributed by atoms with E-state index in [0.29, 0.717) is 13.2 Å². The zero-order chi connectivity index (χ0) is 28.7. The molecule has 2 heterocycles. The van der Waals surface area contributed by atoms with Crippen LogP contribution in [0.4, 0.5) is 11.4 Å². The molecule has 214 valence electrons. The van der Waals surface area contributed by atoms with Gasteiger partial charge in [0.15, 0.2) is 0 Å². The quantitative estimate of drug-likeness (QED) is 0.109. The van der Waals surface area contributed by atoms with E-state index in [1.165, 1.54) is 0 Å². The SMILES string of the molecule is CCCOc1ccc2c(NCCCCNc3c4ccccc4nc4cc(OCCC)ccc34)c3ccccc3nc2c1. The lowest BCUT2D eigenvalue weighted by Crippen LogP contribution is -2.08. The Morgan fingerprint density at radius 1 is 0.524 bits per heavy atom. The molecule has 0 unspecified atom stereocenters. The van der Waals surface area contributed by atoms with Gasteiger partial charge in [-0.15, -0.1) is 0 Å². The summed E-state index contributed by atoms with van der Waals surface area (Å²) in [5.41, 5.74) is 6.15. The Bertz CT molecular complexity index is 1700. The number of rotatable bonds is 13. The third-order valence-corrected chi connectivity index (χ3v) is 7.46. The fraction of sp³-hybridized carbons (Fsp3) is 0.278. The topological polar surface area (TPSA) is 68.3 Å². The molecular formula is C36H38N4O2. The van der Waals surface area contributed by atoms with E-state index in [2.05, 4.69) is 85.1 Å². The third-order valence-electron chi connectivity index (χ3n) is 7.46. The molecule has 0 bridgehead atoms. The Morgan fingerprint density at radius 2 is 0.952 bits per heavy atom. The standard InChI is InChI=1S/C36H38N4O2/c1-3-21-41-25-15-17-29-33(23-25)39-31-13-7-5-11-27(31)35(29)37-19-9-10-20-38-36-28-12-6-8-14-32(28)40-34-24-26(42-22-4-2)16-18-30(34)36/h5-8,11-18,23-24H,3-4,9-10,19-22H2,1-2H3,(H,37,39)(H,38,40). The summed E-state index contributed by atoms with van der Waals surface area (Å²) in [6, 6.07) is 29.1. The van der Waals surface area contributed by atoms with Crippen molar-refractivity contribution in [2.45, 2.75) is 39.5 Å². The van der Waals surface area contributed by atoms with Gasteiger partial charge in [0, 0.05) is 46.8 Å². The highest BCUT2D eigenvalue weighted by Crippen LogP contribution is 2.34. The summed E-state index contributed by atoms with van der Waals surface area (Å²) in [5.74, 6) is 1.73. The average molecular weight is 559 g/mol. The van der Waals surface area contributed by atoms with Crippen LogP contribution < -0.4 is 20.1 Å². The molecule has 6 nitrogen and oxygen atoms in total. The first-order chi connectivity index (χ1) is 20.7. The molecule has 0 atom stereocenters. The van der Waals surface area contributed by atoms with Crippen molar-refractivity contribution in [3.63, 3.8) is 0 Å². The molecule has 2 N–H and O–H groups in total. The van der Waals surface area contributed by atoms with Crippen molar-refractivity contribution in [1.82, 2.24) is 9.97 Å². The number of unbranched alkanes of at least 4 members (excludes halogenated alkanes) is 1. The van der Waals surface area contributed by atoms with Gasteiger partial charge in [0.25, 0.3) is 0 Å². The number of ether oxygens (including phenoxy) is 2. The number of aromatic nitrogens is 2. The van der Waals surface area contributed by atoms with E-state index in [9.17, 15) is 0 Å². The van der Waals surface area contributed by atoms with Crippen molar-refractivity contribution in [2.75, 3.05) is 36.9 Å². The van der Waals surface area contributed by atoms with E-state index in [1.807, 2.05) is 24.3 Å². The Labute approximate surface area is 247 Å². The molecule has 0 saturated heterocycles. The van der Waals surface area contributed by atoms with Gasteiger partial charge in [0.1, 0.15) is 11.5 Å². The van der Waals surface area contributed by atoms with Crippen LogP contribution in [-0.4, -0.2) is 36.3 Å². The predicted molar refractivity (Wildman–Crippen MR) is 176 cm³/mol. The largest absolute Gasteiger partial charge is 0.494 e. The molecule has 0 fully saturated rings. The van der Waals surface area contributed by atoms with Gasteiger partial charge in [-0.25, -0.2) is 9.97 Å². The van der Waals surface area contributed by atoms with E-state index in [1.54, 1.807) is 0 Å². The van der Waals surface area contributed by atoms with Gasteiger partial charge in [0.05, 0.1) is 46.7 Å². The van der Waals surface area contributed by atoms with Crippen molar-refractivity contribution in [2.24, 2.45) is 0 Å². The molecule has 0 saturated carbocycles. The molecule has 42 heavy (non-hydrogen) atoms. The Balaban J connectivity index is 1.15. The highest BCUT2D eigenvalue weighted by molar-refractivity contribution is 6.08. The normalized spacial score (nSPS) is 11.4. The van der Waals surface area contributed by atoms with Crippen LogP contribution in [0.5, 0.6) is 11.5 Å². The van der Waals surface area contributed by atoms with Crippen LogP contribution in [0, 0.1) is 0 Å². The zero-order valence-corrected chi connectivity index (χ0v) is 24.5. The van der Waals surface area contributed by atoms with Crippen molar-refractivity contribution < 1.29 is 9.47 Å². The first-order valence-electron chi connectivity index (χ1n) is 15.1. The molecule has 4 aromatic carbocycles. The molecule has 0 radical (unpaired) electrons. The Hall–Kier alpha value is -4.58. The van der Waals surface area contributed by atoms with E-state index in [4.69, 9.17) is 19.4 Å². The monoisotopic (exact) mass is 558 g/mol. The minimum Gasteiger partial charge on any atom is -0.494 e. The second kappa shape index (κ2) is 12.9.